The molecule has 4 nitrogen and oxygen atoms in total. The van der Waals surface area contributed by atoms with Gasteiger partial charge in [-0.1, -0.05) is 45.4 Å². The largest absolute Gasteiger partial charge is 0.396 e. The molecule has 1 N–H and O–H groups in total. The number of ether oxygens (including phenoxy) is 3. The Morgan fingerprint density at radius 3 is 1.80 bits per heavy atom. The molecule has 0 aliphatic carbocycles. The number of methoxy groups -OCH3 is 3. The van der Waals surface area contributed by atoms with Crippen molar-refractivity contribution in [3.63, 3.8) is 0 Å². The third-order valence-electron chi connectivity index (χ3n) is 3.97. The summed E-state index contributed by atoms with van der Waals surface area (Å²) >= 11 is 0. The average Bonchev–Trinajstić information content (AvgIpc) is 2.49. The second kappa shape index (κ2) is 12.6. The molecule has 1 atom stereocenters. The van der Waals surface area contributed by atoms with E-state index in [-0.39, 0.29) is 12.5 Å². The lowest BCUT2D eigenvalue weighted by Crippen LogP contribution is -2.44. The van der Waals surface area contributed by atoms with Crippen LogP contribution < -0.4 is 0 Å². The summed E-state index contributed by atoms with van der Waals surface area (Å²) in [7, 11) is 4.83. The Bertz CT molecular complexity index is 196. The van der Waals surface area contributed by atoms with Crippen LogP contribution in [0.4, 0.5) is 0 Å². The molecule has 0 saturated heterocycles. The van der Waals surface area contributed by atoms with Crippen LogP contribution >= 0.6 is 0 Å². The SMILES string of the molecule is CCCCCCCCC(CCCO)C(OC)(OC)OC. The molecule has 0 aliphatic rings. The fraction of sp³-hybridized carbons (Fsp3) is 1.00. The maximum atomic E-state index is 9.05. The molecule has 0 saturated carbocycles. The molecule has 20 heavy (non-hydrogen) atoms. The molecule has 4 heteroatoms. The molecule has 0 bridgehead atoms. The van der Waals surface area contributed by atoms with Crippen molar-refractivity contribution in [1.29, 1.82) is 0 Å². The van der Waals surface area contributed by atoms with Crippen LogP contribution in [0.1, 0.15) is 64.7 Å². The lowest BCUT2D eigenvalue weighted by molar-refractivity contribution is -0.380. The van der Waals surface area contributed by atoms with Crippen LogP contribution in [0.5, 0.6) is 0 Å². The number of rotatable bonds is 14. The Labute approximate surface area is 124 Å². The van der Waals surface area contributed by atoms with Crippen LogP contribution in [0.3, 0.4) is 0 Å². The monoisotopic (exact) mass is 290 g/mol. The van der Waals surface area contributed by atoms with E-state index in [4.69, 9.17) is 19.3 Å². The van der Waals surface area contributed by atoms with E-state index in [0.29, 0.717) is 0 Å². The van der Waals surface area contributed by atoms with Crippen molar-refractivity contribution >= 4 is 0 Å². The zero-order chi connectivity index (χ0) is 15.3. The van der Waals surface area contributed by atoms with Crippen LogP contribution in [-0.2, 0) is 14.2 Å². The molecule has 0 spiro atoms. The van der Waals surface area contributed by atoms with Gasteiger partial charge in [-0.2, -0.15) is 0 Å². The predicted octanol–water partition coefficient (Wildman–Crippen LogP) is 3.72. The third-order valence-corrected chi connectivity index (χ3v) is 3.97. The summed E-state index contributed by atoms with van der Waals surface area (Å²) < 4.78 is 16.4. The highest BCUT2D eigenvalue weighted by atomic mass is 16.9. The minimum atomic E-state index is -0.974. The highest BCUT2D eigenvalue weighted by Crippen LogP contribution is 2.32. The van der Waals surface area contributed by atoms with Gasteiger partial charge in [-0.05, 0) is 19.3 Å². The molecular weight excluding hydrogens is 256 g/mol. The van der Waals surface area contributed by atoms with E-state index < -0.39 is 5.97 Å². The lowest BCUT2D eigenvalue weighted by atomic mass is 9.93. The summed E-state index contributed by atoms with van der Waals surface area (Å²) in [6, 6.07) is 0. The quantitative estimate of drug-likeness (QED) is 0.391. The standard InChI is InChI=1S/C16H34O4/c1-5-6-7-8-9-10-12-15(13-11-14-17)16(18-2,19-3)20-4/h15,17H,5-14H2,1-4H3. The number of hydrogen-bond acceptors (Lipinski definition) is 4. The average molecular weight is 290 g/mol. The van der Waals surface area contributed by atoms with E-state index in [1.165, 1.54) is 32.1 Å². The molecule has 0 amide bonds. The number of hydrogen-bond donors (Lipinski definition) is 1. The molecule has 0 aromatic heterocycles. The van der Waals surface area contributed by atoms with E-state index in [9.17, 15) is 0 Å². The van der Waals surface area contributed by atoms with Crippen LogP contribution in [0, 0.1) is 5.92 Å². The van der Waals surface area contributed by atoms with Gasteiger partial charge in [0, 0.05) is 33.9 Å². The Balaban J connectivity index is 4.25. The van der Waals surface area contributed by atoms with Crippen molar-refractivity contribution in [2.45, 2.75) is 70.7 Å². The Morgan fingerprint density at radius 2 is 1.30 bits per heavy atom. The van der Waals surface area contributed by atoms with Gasteiger partial charge in [0.2, 0.25) is 0 Å². The summed E-state index contributed by atoms with van der Waals surface area (Å²) in [5, 5.41) is 9.05. The van der Waals surface area contributed by atoms with Crippen LogP contribution in [0.25, 0.3) is 0 Å². The van der Waals surface area contributed by atoms with Gasteiger partial charge in [-0.3, -0.25) is 0 Å². The van der Waals surface area contributed by atoms with Gasteiger partial charge in [0.15, 0.2) is 0 Å². The molecule has 122 valence electrons. The first-order chi connectivity index (χ1) is 9.70. The van der Waals surface area contributed by atoms with Crippen LogP contribution in [0.15, 0.2) is 0 Å². The van der Waals surface area contributed by atoms with E-state index in [1.807, 2.05) is 0 Å². The van der Waals surface area contributed by atoms with Gasteiger partial charge >= 0.3 is 0 Å². The fourth-order valence-corrected chi connectivity index (χ4v) is 2.76. The molecule has 1 unspecified atom stereocenters. The van der Waals surface area contributed by atoms with Gasteiger partial charge in [0.1, 0.15) is 0 Å². The molecule has 0 aliphatic heterocycles. The summed E-state index contributed by atoms with van der Waals surface area (Å²) in [5.74, 6) is -0.820. The Kier molecular flexibility index (Phi) is 12.5. The Morgan fingerprint density at radius 1 is 0.800 bits per heavy atom. The third kappa shape index (κ3) is 7.02. The smallest absolute Gasteiger partial charge is 0.285 e. The molecule has 0 aromatic carbocycles. The van der Waals surface area contributed by atoms with Crippen molar-refractivity contribution < 1.29 is 19.3 Å². The minimum Gasteiger partial charge on any atom is -0.396 e. The van der Waals surface area contributed by atoms with E-state index >= 15 is 0 Å². The van der Waals surface area contributed by atoms with E-state index in [1.54, 1.807) is 21.3 Å². The number of aliphatic hydroxyl groups is 1. The molecule has 0 radical (unpaired) electrons. The second-order valence-electron chi connectivity index (χ2n) is 5.34. The van der Waals surface area contributed by atoms with E-state index in [2.05, 4.69) is 6.92 Å². The van der Waals surface area contributed by atoms with Crippen molar-refractivity contribution in [1.82, 2.24) is 0 Å². The summed E-state index contributed by atoms with van der Waals surface area (Å²) in [6.45, 7) is 2.43. The summed E-state index contributed by atoms with van der Waals surface area (Å²) in [4.78, 5) is 0. The fourth-order valence-electron chi connectivity index (χ4n) is 2.76. The molecular formula is C16H34O4. The predicted molar refractivity (Wildman–Crippen MR) is 81.6 cm³/mol. The molecule has 0 rings (SSSR count). The summed E-state index contributed by atoms with van der Waals surface area (Å²) in [6.07, 6.45) is 10.2. The number of unbranched alkanes of at least 4 members (excludes halogenated alkanes) is 5. The van der Waals surface area contributed by atoms with Crippen LogP contribution in [0.2, 0.25) is 0 Å². The highest BCUT2D eigenvalue weighted by molar-refractivity contribution is 4.71. The Hall–Kier alpha value is -0.160. The van der Waals surface area contributed by atoms with Crippen molar-refractivity contribution in [3.05, 3.63) is 0 Å². The zero-order valence-electron chi connectivity index (χ0n) is 13.8. The van der Waals surface area contributed by atoms with Crippen molar-refractivity contribution in [2.24, 2.45) is 5.92 Å². The summed E-state index contributed by atoms with van der Waals surface area (Å²) in [5.41, 5.74) is 0. The van der Waals surface area contributed by atoms with Crippen molar-refractivity contribution in [2.75, 3.05) is 27.9 Å². The first-order valence-electron chi connectivity index (χ1n) is 7.97. The van der Waals surface area contributed by atoms with Gasteiger partial charge in [0.25, 0.3) is 5.97 Å². The second-order valence-corrected chi connectivity index (χ2v) is 5.34. The van der Waals surface area contributed by atoms with Gasteiger partial charge < -0.3 is 19.3 Å². The maximum Gasteiger partial charge on any atom is 0.285 e. The number of aliphatic hydroxyl groups excluding tert-OH is 1. The van der Waals surface area contributed by atoms with Crippen molar-refractivity contribution in [3.8, 4) is 0 Å². The highest BCUT2D eigenvalue weighted by Gasteiger charge is 2.39. The molecule has 0 fully saturated rings. The van der Waals surface area contributed by atoms with Gasteiger partial charge in [-0.25, -0.2) is 0 Å². The first-order valence-corrected chi connectivity index (χ1v) is 7.97. The van der Waals surface area contributed by atoms with E-state index in [0.717, 1.165) is 25.7 Å². The normalized spacial score (nSPS) is 13.7. The first kappa shape index (κ1) is 19.8. The lowest BCUT2D eigenvalue weighted by Gasteiger charge is -2.36. The maximum absolute atomic E-state index is 9.05. The molecule has 0 aromatic rings. The zero-order valence-corrected chi connectivity index (χ0v) is 13.8. The van der Waals surface area contributed by atoms with Gasteiger partial charge in [-0.15, -0.1) is 0 Å². The van der Waals surface area contributed by atoms with Gasteiger partial charge in [0.05, 0.1) is 0 Å². The van der Waals surface area contributed by atoms with Crippen LogP contribution in [-0.4, -0.2) is 39.0 Å². The molecule has 0 heterocycles. The topological polar surface area (TPSA) is 47.9 Å². The minimum absolute atomic E-state index is 0.154.